The molecule has 1 aliphatic rings. The van der Waals surface area contributed by atoms with Crippen LogP contribution in [0.1, 0.15) is 59.8 Å². The number of aliphatic hydroxyl groups excluding tert-OH is 1. The fourth-order valence-corrected chi connectivity index (χ4v) is 1.49. The van der Waals surface area contributed by atoms with Gasteiger partial charge in [0.15, 0.2) is 0 Å². The summed E-state index contributed by atoms with van der Waals surface area (Å²) in [5, 5.41) is 7.57. The molecule has 1 atom stereocenters. The van der Waals surface area contributed by atoms with Crippen molar-refractivity contribution in [2.75, 3.05) is 20.3 Å². The Morgan fingerprint density at radius 2 is 1.78 bits per heavy atom. The molecule has 1 N–H and O–H groups in total. The quantitative estimate of drug-likeness (QED) is 0.786. The molecule has 1 heterocycles. The van der Waals surface area contributed by atoms with Gasteiger partial charge in [-0.15, -0.1) is 0 Å². The lowest BCUT2D eigenvalue weighted by Gasteiger charge is -2.31. The predicted molar refractivity (Wildman–Crippen MR) is 75.8 cm³/mol. The molecule has 0 aromatic rings. The van der Waals surface area contributed by atoms with E-state index in [1.807, 2.05) is 0 Å². The lowest BCUT2D eigenvalue weighted by molar-refractivity contribution is 0.0945. The van der Waals surface area contributed by atoms with Gasteiger partial charge in [0.25, 0.3) is 0 Å². The van der Waals surface area contributed by atoms with Crippen LogP contribution in [0.4, 0.5) is 4.79 Å². The minimum Gasteiger partial charge on any atom is -0.453 e. The van der Waals surface area contributed by atoms with Gasteiger partial charge in [-0.1, -0.05) is 26.7 Å². The number of ether oxygens (including phenoxy) is 1. The zero-order valence-corrected chi connectivity index (χ0v) is 12.7. The lowest BCUT2D eigenvalue weighted by Crippen LogP contribution is -2.41. The summed E-state index contributed by atoms with van der Waals surface area (Å²) in [5.74, 6) is 0. The number of aliphatic hydroxyl groups is 1. The van der Waals surface area contributed by atoms with E-state index < -0.39 is 0 Å². The molecule has 0 aromatic heterocycles. The van der Waals surface area contributed by atoms with Crippen LogP contribution in [0.5, 0.6) is 0 Å². The van der Waals surface area contributed by atoms with Crippen LogP contribution >= 0.6 is 0 Å². The van der Waals surface area contributed by atoms with Crippen LogP contribution in [0.2, 0.25) is 0 Å². The number of rotatable bonds is 1. The largest absolute Gasteiger partial charge is 0.453 e. The molecule has 1 amide bonds. The average molecular weight is 261 g/mol. The van der Waals surface area contributed by atoms with E-state index in [-0.39, 0.29) is 12.7 Å². The molecule has 110 valence electrons. The molecule has 0 aliphatic carbocycles. The molecule has 1 aliphatic heterocycles. The maximum Gasteiger partial charge on any atom is 0.409 e. The Kier molecular flexibility index (Phi) is 15.5. The van der Waals surface area contributed by atoms with Crippen LogP contribution in [-0.2, 0) is 4.74 Å². The number of likely N-dealkylation sites (tertiary alicyclic amines) is 1. The van der Waals surface area contributed by atoms with Gasteiger partial charge in [-0.05, 0) is 33.1 Å². The first-order valence-corrected chi connectivity index (χ1v) is 7.04. The van der Waals surface area contributed by atoms with E-state index in [1.54, 1.807) is 11.8 Å². The molecule has 0 radical (unpaired) electrons. The van der Waals surface area contributed by atoms with Gasteiger partial charge < -0.3 is 14.7 Å². The summed E-state index contributed by atoms with van der Waals surface area (Å²) < 4.78 is 4.65. The number of carbonyl (C=O) groups is 1. The first-order valence-electron chi connectivity index (χ1n) is 7.04. The Labute approximate surface area is 112 Å². The van der Waals surface area contributed by atoms with Gasteiger partial charge in [-0.25, -0.2) is 4.79 Å². The van der Waals surface area contributed by atoms with Gasteiger partial charge in [0.05, 0.1) is 7.11 Å². The lowest BCUT2D eigenvalue weighted by atomic mass is 10.0. The van der Waals surface area contributed by atoms with Crippen LogP contribution in [0.3, 0.4) is 0 Å². The van der Waals surface area contributed by atoms with Crippen molar-refractivity contribution >= 4 is 6.09 Å². The number of carbonyl (C=O) groups excluding carboxylic acids is 1. The Hall–Kier alpha value is -0.770. The minimum absolute atomic E-state index is 0.183. The fraction of sp³-hybridized carbons (Fsp3) is 0.929. The van der Waals surface area contributed by atoms with Gasteiger partial charge in [0, 0.05) is 19.2 Å². The second kappa shape index (κ2) is 14.3. The third-order valence-corrected chi connectivity index (χ3v) is 2.71. The number of methoxy groups -OCH3 is 1. The minimum atomic E-state index is -0.183. The number of nitrogens with zero attached hydrogens (tertiary/aromatic N) is 1. The summed E-state index contributed by atoms with van der Waals surface area (Å²) in [5.41, 5.74) is 0. The van der Waals surface area contributed by atoms with Gasteiger partial charge >= 0.3 is 6.09 Å². The summed E-state index contributed by atoms with van der Waals surface area (Å²) in [6, 6.07) is 0.358. The second-order valence-corrected chi connectivity index (χ2v) is 4.32. The van der Waals surface area contributed by atoms with Crippen molar-refractivity contribution in [3.05, 3.63) is 0 Å². The van der Waals surface area contributed by atoms with E-state index in [1.165, 1.54) is 26.4 Å². The van der Waals surface area contributed by atoms with Crippen molar-refractivity contribution in [3.63, 3.8) is 0 Å². The summed E-state index contributed by atoms with van der Waals surface area (Å²) >= 11 is 0. The maximum atomic E-state index is 11.1. The van der Waals surface area contributed by atoms with Crippen LogP contribution in [0.25, 0.3) is 0 Å². The Bertz CT molecular complexity index is 184. The normalized spacial score (nSPS) is 17.9. The first kappa shape index (κ1) is 19.6. The molecule has 0 spiro atoms. The van der Waals surface area contributed by atoms with Crippen LogP contribution in [0.15, 0.2) is 0 Å². The highest BCUT2D eigenvalue weighted by molar-refractivity contribution is 5.67. The molecular weight excluding hydrogens is 230 g/mol. The SMILES string of the molecule is CCCC.CCO.COC(=O)N1CCCCC1C. The molecule has 1 saturated heterocycles. The molecule has 18 heavy (non-hydrogen) atoms. The zero-order valence-electron chi connectivity index (χ0n) is 12.7. The molecule has 0 aromatic carbocycles. The smallest absolute Gasteiger partial charge is 0.409 e. The molecule has 1 unspecified atom stereocenters. The molecule has 0 saturated carbocycles. The highest BCUT2D eigenvalue weighted by Gasteiger charge is 2.23. The van der Waals surface area contributed by atoms with E-state index in [9.17, 15) is 4.79 Å². The van der Waals surface area contributed by atoms with Crippen LogP contribution < -0.4 is 0 Å². The Balaban J connectivity index is 0. The topological polar surface area (TPSA) is 49.8 Å². The van der Waals surface area contributed by atoms with Crippen molar-refractivity contribution in [2.45, 2.75) is 65.8 Å². The predicted octanol–water partition coefficient (Wildman–Crippen LogP) is 3.43. The van der Waals surface area contributed by atoms with Crippen LogP contribution in [0, 0.1) is 0 Å². The zero-order chi connectivity index (χ0) is 14.4. The summed E-state index contributed by atoms with van der Waals surface area (Å²) in [4.78, 5) is 12.9. The number of unbranched alkanes of at least 4 members (excludes halogenated alkanes) is 1. The molecule has 4 nitrogen and oxygen atoms in total. The van der Waals surface area contributed by atoms with Crippen molar-refractivity contribution in [1.82, 2.24) is 4.90 Å². The molecule has 0 bridgehead atoms. The van der Waals surface area contributed by atoms with E-state index >= 15 is 0 Å². The van der Waals surface area contributed by atoms with Gasteiger partial charge in [-0.2, -0.15) is 0 Å². The maximum absolute atomic E-state index is 11.1. The summed E-state index contributed by atoms with van der Waals surface area (Å²) in [6.45, 7) is 9.21. The third-order valence-electron chi connectivity index (χ3n) is 2.71. The average Bonchev–Trinajstić information content (AvgIpc) is 2.39. The van der Waals surface area contributed by atoms with E-state index in [2.05, 4.69) is 25.5 Å². The number of amides is 1. The van der Waals surface area contributed by atoms with Crippen molar-refractivity contribution in [1.29, 1.82) is 0 Å². The number of piperidine rings is 1. The van der Waals surface area contributed by atoms with Crippen LogP contribution in [-0.4, -0.2) is 42.4 Å². The van der Waals surface area contributed by atoms with Crippen molar-refractivity contribution in [3.8, 4) is 0 Å². The van der Waals surface area contributed by atoms with Crippen molar-refractivity contribution in [2.24, 2.45) is 0 Å². The van der Waals surface area contributed by atoms with Crippen molar-refractivity contribution < 1.29 is 14.6 Å². The highest BCUT2D eigenvalue weighted by atomic mass is 16.5. The van der Waals surface area contributed by atoms with E-state index in [0.717, 1.165) is 19.4 Å². The Morgan fingerprint density at radius 3 is 2.11 bits per heavy atom. The summed E-state index contributed by atoms with van der Waals surface area (Å²) in [7, 11) is 1.43. The van der Waals surface area contributed by atoms with Gasteiger partial charge in [-0.3, -0.25) is 0 Å². The first-order chi connectivity index (χ1) is 8.58. The number of hydrogen-bond donors (Lipinski definition) is 1. The van der Waals surface area contributed by atoms with Gasteiger partial charge in [0.2, 0.25) is 0 Å². The monoisotopic (exact) mass is 261 g/mol. The molecule has 1 fully saturated rings. The second-order valence-electron chi connectivity index (χ2n) is 4.32. The standard InChI is InChI=1S/C8H15NO2.C4H10.C2H6O/c1-7-5-3-4-6-9(7)8(10)11-2;1-3-4-2;1-2-3/h7H,3-6H2,1-2H3;3-4H2,1-2H3;3H,2H2,1H3. The highest BCUT2D eigenvalue weighted by Crippen LogP contribution is 2.16. The summed E-state index contributed by atoms with van der Waals surface area (Å²) in [6.07, 6.45) is 5.90. The van der Waals surface area contributed by atoms with Gasteiger partial charge in [0.1, 0.15) is 0 Å². The van der Waals surface area contributed by atoms with E-state index in [0.29, 0.717) is 6.04 Å². The molecule has 4 heteroatoms. The fourth-order valence-electron chi connectivity index (χ4n) is 1.49. The molecule has 1 rings (SSSR count). The van der Waals surface area contributed by atoms with E-state index in [4.69, 9.17) is 5.11 Å². The molecular formula is C14H31NO3. The third kappa shape index (κ3) is 10.4. The Morgan fingerprint density at radius 1 is 1.28 bits per heavy atom. The number of hydrogen-bond acceptors (Lipinski definition) is 3.